The summed E-state index contributed by atoms with van der Waals surface area (Å²) in [4.78, 5) is 12.8. The number of hydrogen-bond donors (Lipinski definition) is 1. The lowest BCUT2D eigenvalue weighted by Gasteiger charge is -2.24. The van der Waals surface area contributed by atoms with Crippen LogP contribution >= 0.6 is 0 Å². The molecule has 0 amide bonds. The summed E-state index contributed by atoms with van der Waals surface area (Å²) in [5, 5.41) is 9.11. The molecule has 1 fully saturated rings. The molecule has 1 N–H and O–H groups in total. The number of benzene rings is 1. The van der Waals surface area contributed by atoms with Crippen LogP contribution in [-0.2, 0) is 0 Å². The molecule has 0 aromatic heterocycles. The third-order valence-electron chi connectivity index (χ3n) is 2.99. The Morgan fingerprint density at radius 1 is 1.56 bits per heavy atom. The van der Waals surface area contributed by atoms with Gasteiger partial charge in [0.05, 0.1) is 17.8 Å². The summed E-state index contributed by atoms with van der Waals surface area (Å²) in [6.45, 7) is 0.836. The second-order valence-electron chi connectivity index (χ2n) is 4.47. The van der Waals surface area contributed by atoms with Crippen LogP contribution in [0.1, 0.15) is 23.2 Å². The first-order valence-electron chi connectivity index (χ1n) is 5.83. The highest BCUT2D eigenvalue weighted by atomic mass is 19.1. The molecule has 1 aliphatic carbocycles. The second kappa shape index (κ2) is 5.09. The van der Waals surface area contributed by atoms with Gasteiger partial charge in [0.1, 0.15) is 5.82 Å². The number of aromatic carboxylic acids is 1. The molecule has 94 valence electrons. The van der Waals surface area contributed by atoms with Gasteiger partial charge in [-0.1, -0.05) is 12.0 Å². The zero-order valence-corrected chi connectivity index (χ0v) is 9.90. The minimum Gasteiger partial charge on any atom is -0.478 e. The van der Waals surface area contributed by atoms with E-state index in [1.165, 1.54) is 18.2 Å². The van der Waals surface area contributed by atoms with Crippen molar-refractivity contribution in [2.75, 3.05) is 18.0 Å². The van der Waals surface area contributed by atoms with E-state index in [1.54, 1.807) is 4.90 Å². The van der Waals surface area contributed by atoms with Crippen molar-refractivity contribution in [2.45, 2.75) is 12.8 Å². The summed E-state index contributed by atoms with van der Waals surface area (Å²) < 4.78 is 13.9. The third-order valence-corrected chi connectivity index (χ3v) is 2.99. The smallest absolute Gasteiger partial charge is 0.337 e. The van der Waals surface area contributed by atoms with Gasteiger partial charge in [0.25, 0.3) is 0 Å². The van der Waals surface area contributed by atoms with Gasteiger partial charge in [0, 0.05) is 6.54 Å². The van der Waals surface area contributed by atoms with Gasteiger partial charge >= 0.3 is 5.97 Å². The maximum absolute atomic E-state index is 13.9. The number of carboxylic acid groups (broad SMARTS) is 1. The number of carbonyl (C=O) groups is 1. The average Bonchev–Trinajstić information content (AvgIpc) is 3.12. The van der Waals surface area contributed by atoms with Crippen LogP contribution in [-0.4, -0.2) is 24.2 Å². The molecule has 4 heteroatoms. The number of para-hydroxylation sites is 1. The van der Waals surface area contributed by atoms with Crippen molar-refractivity contribution < 1.29 is 14.3 Å². The number of terminal acetylenes is 1. The maximum atomic E-state index is 13.9. The SMILES string of the molecule is C#CCN(CC1CC1)c1c(F)cccc1C(=O)O. The molecule has 0 radical (unpaired) electrons. The Kier molecular flexibility index (Phi) is 3.52. The lowest BCUT2D eigenvalue weighted by molar-refractivity contribution is 0.0697. The summed E-state index contributed by atoms with van der Waals surface area (Å²) in [5.41, 5.74) is 0.0701. The predicted molar refractivity (Wildman–Crippen MR) is 67.1 cm³/mol. The van der Waals surface area contributed by atoms with Gasteiger partial charge in [-0.05, 0) is 30.9 Å². The van der Waals surface area contributed by atoms with Gasteiger partial charge < -0.3 is 10.0 Å². The third kappa shape index (κ3) is 2.62. The zero-order valence-electron chi connectivity index (χ0n) is 9.90. The molecule has 0 unspecified atom stereocenters. The molecule has 18 heavy (non-hydrogen) atoms. The molecule has 0 aliphatic heterocycles. The Morgan fingerprint density at radius 3 is 2.83 bits per heavy atom. The predicted octanol–water partition coefficient (Wildman–Crippen LogP) is 2.37. The second-order valence-corrected chi connectivity index (χ2v) is 4.47. The fourth-order valence-corrected chi connectivity index (χ4v) is 1.97. The molecule has 0 bridgehead atoms. The van der Waals surface area contributed by atoms with Crippen LogP contribution in [0.5, 0.6) is 0 Å². The molecule has 1 aliphatic rings. The van der Waals surface area contributed by atoms with Crippen LogP contribution in [0.4, 0.5) is 10.1 Å². The monoisotopic (exact) mass is 247 g/mol. The molecule has 0 heterocycles. The van der Waals surface area contributed by atoms with E-state index in [2.05, 4.69) is 5.92 Å². The first-order valence-corrected chi connectivity index (χ1v) is 5.83. The number of hydrogen-bond acceptors (Lipinski definition) is 2. The Morgan fingerprint density at radius 2 is 2.28 bits per heavy atom. The van der Waals surface area contributed by atoms with Crippen LogP contribution < -0.4 is 4.90 Å². The van der Waals surface area contributed by atoms with E-state index in [1.807, 2.05) is 0 Å². The fourth-order valence-electron chi connectivity index (χ4n) is 1.97. The minimum atomic E-state index is -1.14. The van der Waals surface area contributed by atoms with Crippen molar-refractivity contribution in [3.8, 4) is 12.3 Å². The molecular weight excluding hydrogens is 233 g/mol. The highest BCUT2D eigenvalue weighted by Gasteiger charge is 2.27. The standard InChI is InChI=1S/C14H14FNO2/c1-2-8-16(9-10-6-7-10)13-11(14(17)18)4-3-5-12(13)15/h1,3-5,10H,6-9H2,(H,17,18). The van der Waals surface area contributed by atoms with E-state index in [-0.39, 0.29) is 17.8 Å². The van der Waals surface area contributed by atoms with Gasteiger partial charge in [-0.25, -0.2) is 9.18 Å². The van der Waals surface area contributed by atoms with E-state index in [0.29, 0.717) is 12.5 Å². The highest BCUT2D eigenvalue weighted by Crippen LogP contribution is 2.33. The molecule has 1 saturated carbocycles. The Hall–Kier alpha value is -2.02. The Labute approximate surface area is 105 Å². The molecule has 1 aromatic rings. The van der Waals surface area contributed by atoms with Gasteiger partial charge in [0.15, 0.2) is 0 Å². The minimum absolute atomic E-state index is 0.0362. The number of rotatable bonds is 5. The van der Waals surface area contributed by atoms with Gasteiger partial charge in [-0.2, -0.15) is 0 Å². The van der Waals surface area contributed by atoms with Crippen LogP contribution in [0.25, 0.3) is 0 Å². The first kappa shape index (κ1) is 12.4. The van der Waals surface area contributed by atoms with Crippen molar-refractivity contribution >= 4 is 11.7 Å². The lowest BCUT2D eigenvalue weighted by Crippen LogP contribution is -2.28. The van der Waals surface area contributed by atoms with E-state index in [4.69, 9.17) is 11.5 Å². The number of anilines is 1. The maximum Gasteiger partial charge on any atom is 0.337 e. The van der Waals surface area contributed by atoms with Gasteiger partial charge in [0.2, 0.25) is 0 Å². The molecule has 3 nitrogen and oxygen atoms in total. The van der Waals surface area contributed by atoms with E-state index >= 15 is 0 Å². The normalized spacial score (nSPS) is 14.0. The lowest BCUT2D eigenvalue weighted by atomic mass is 10.1. The summed E-state index contributed by atoms with van der Waals surface area (Å²) >= 11 is 0. The molecule has 0 spiro atoms. The number of nitrogens with zero attached hydrogens (tertiary/aromatic N) is 1. The largest absolute Gasteiger partial charge is 0.478 e. The van der Waals surface area contributed by atoms with Crippen LogP contribution in [0.2, 0.25) is 0 Å². The summed E-state index contributed by atoms with van der Waals surface area (Å²) in [6, 6.07) is 4.06. The Bertz CT molecular complexity index is 503. The highest BCUT2D eigenvalue weighted by molar-refractivity contribution is 5.94. The number of halogens is 1. The molecule has 0 saturated heterocycles. The first-order chi connectivity index (χ1) is 8.63. The van der Waals surface area contributed by atoms with Crippen LogP contribution in [0.15, 0.2) is 18.2 Å². The van der Waals surface area contributed by atoms with Crippen molar-refractivity contribution in [2.24, 2.45) is 5.92 Å². The molecule has 0 atom stereocenters. The van der Waals surface area contributed by atoms with Crippen molar-refractivity contribution in [3.63, 3.8) is 0 Å². The Balaban J connectivity index is 2.38. The summed E-state index contributed by atoms with van der Waals surface area (Å²) in [5.74, 6) is 1.29. The number of carboxylic acids is 1. The topological polar surface area (TPSA) is 40.5 Å². The van der Waals surface area contributed by atoms with Crippen LogP contribution in [0, 0.1) is 24.1 Å². The molecular formula is C14H14FNO2. The molecule has 1 aromatic carbocycles. The van der Waals surface area contributed by atoms with Crippen LogP contribution in [0.3, 0.4) is 0 Å². The summed E-state index contributed by atoms with van der Waals surface area (Å²) in [6.07, 6.45) is 7.47. The van der Waals surface area contributed by atoms with Gasteiger partial charge in [-0.3, -0.25) is 0 Å². The zero-order chi connectivity index (χ0) is 13.1. The van der Waals surface area contributed by atoms with Crippen molar-refractivity contribution in [1.82, 2.24) is 0 Å². The average molecular weight is 247 g/mol. The van der Waals surface area contributed by atoms with E-state index in [9.17, 15) is 9.18 Å². The van der Waals surface area contributed by atoms with E-state index < -0.39 is 11.8 Å². The quantitative estimate of drug-likeness (QED) is 0.812. The van der Waals surface area contributed by atoms with E-state index in [0.717, 1.165) is 12.8 Å². The van der Waals surface area contributed by atoms with Crippen molar-refractivity contribution in [3.05, 3.63) is 29.6 Å². The van der Waals surface area contributed by atoms with Gasteiger partial charge in [-0.15, -0.1) is 6.42 Å². The molecule has 2 rings (SSSR count). The van der Waals surface area contributed by atoms with Crippen molar-refractivity contribution in [1.29, 1.82) is 0 Å². The summed E-state index contributed by atoms with van der Waals surface area (Å²) in [7, 11) is 0. The fraction of sp³-hybridized carbons (Fsp3) is 0.357.